The number of carbonyl (C=O) groups excluding carboxylic acids is 1. The molecule has 1 unspecified atom stereocenters. The Balaban J connectivity index is 2.08. The Morgan fingerprint density at radius 3 is 2.36 bits per heavy atom. The number of amides is 1. The van der Waals surface area contributed by atoms with Gasteiger partial charge in [-0.1, -0.05) is 41.5 Å². The maximum absolute atomic E-state index is 12.3. The first-order valence-electron chi connectivity index (χ1n) is 8.12. The number of para-hydroxylation sites is 2. The average molecular weight is 341 g/mol. The van der Waals surface area contributed by atoms with Crippen LogP contribution in [0, 0.1) is 19.8 Å². The summed E-state index contributed by atoms with van der Waals surface area (Å²) in [6, 6.07) is 13.0. The molecule has 1 atom stereocenters. The number of rotatable bonds is 7. The zero-order valence-corrected chi connectivity index (χ0v) is 14.7. The van der Waals surface area contributed by atoms with E-state index in [9.17, 15) is 14.7 Å². The third-order valence-electron chi connectivity index (χ3n) is 3.93. The average Bonchev–Trinajstić information content (AvgIpc) is 2.53. The van der Waals surface area contributed by atoms with Gasteiger partial charge in [0.05, 0.1) is 18.7 Å². The lowest BCUT2D eigenvalue weighted by atomic mass is 9.94. The van der Waals surface area contributed by atoms with Gasteiger partial charge < -0.3 is 15.2 Å². The third-order valence-corrected chi connectivity index (χ3v) is 3.93. The molecule has 2 aromatic rings. The highest BCUT2D eigenvalue weighted by Crippen LogP contribution is 2.24. The van der Waals surface area contributed by atoms with Crippen LogP contribution in [0.25, 0.3) is 0 Å². The van der Waals surface area contributed by atoms with Gasteiger partial charge in [-0.25, -0.2) is 0 Å². The molecule has 0 saturated heterocycles. The maximum atomic E-state index is 12.3. The van der Waals surface area contributed by atoms with Gasteiger partial charge in [0.15, 0.2) is 0 Å². The molecule has 2 aromatic carbocycles. The summed E-state index contributed by atoms with van der Waals surface area (Å²) in [5, 5.41) is 12.2. The van der Waals surface area contributed by atoms with E-state index in [2.05, 4.69) is 5.32 Å². The van der Waals surface area contributed by atoms with E-state index < -0.39 is 11.9 Å². The Morgan fingerprint density at radius 2 is 1.76 bits per heavy atom. The van der Waals surface area contributed by atoms with E-state index in [-0.39, 0.29) is 12.3 Å². The van der Waals surface area contributed by atoms with E-state index in [4.69, 9.17) is 4.74 Å². The van der Waals surface area contributed by atoms with E-state index in [0.29, 0.717) is 17.9 Å². The van der Waals surface area contributed by atoms with Crippen molar-refractivity contribution >= 4 is 17.6 Å². The molecule has 5 heteroatoms. The number of anilines is 1. The number of carboxylic acids is 1. The summed E-state index contributed by atoms with van der Waals surface area (Å²) in [5.41, 5.74) is 3.62. The summed E-state index contributed by atoms with van der Waals surface area (Å²) < 4.78 is 5.19. The molecular formula is C20H23NO4. The van der Waals surface area contributed by atoms with E-state index in [1.165, 1.54) is 7.11 Å². The first-order chi connectivity index (χ1) is 11.9. The zero-order valence-electron chi connectivity index (χ0n) is 14.7. The van der Waals surface area contributed by atoms with Gasteiger partial charge in [0.25, 0.3) is 0 Å². The number of methoxy groups -OCH3 is 1. The molecule has 5 nitrogen and oxygen atoms in total. The monoisotopic (exact) mass is 341 g/mol. The molecule has 0 spiro atoms. The van der Waals surface area contributed by atoms with E-state index in [1.54, 1.807) is 24.3 Å². The lowest BCUT2D eigenvalue weighted by Gasteiger charge is -2.15. The summed E-state index contributed by atoms with van der Waals surface area (Å²) in [7, 11) is 1.52. The number of hydrogen-bond acceptors (Lipinski definition) is 3. The first kappa shape index (κ1) is 18.5. The largest absolute Gasteiger partial charge is 0.495 e. The van der Waals surface area contributed by atoms with Gasteiger partial charge in [0.1, 0.15) is 5.75 Å². The minimum Gasteiger partial charge on any atom is -0.495 e. The molecule has 2 N–H and O–H groups in total. The lowest BCUT2D eigenvalue weighted by Crippen LogP contribution is -2.24. The SMILES string of the molecule is COc1ccccc1NC(=O)CC(Cc1cc(C)cc(C)c1)C(=O)O. The van der Waals surface area contributed by atoms with Gasteiger partial charge in [-0.15, -0.1) is 0 Å². The molecule has 0 saturated carbocycles. The highest BCUT2D eigenvalue weighted by atomic mass is 16.5. The quantitative estimate of drug-likeness (QED) is 0.807. The van der Waals surface area contributed by atoms with Crippen LogP contribution in [0.2, 0.25) is 0 Å². The fourth-order valence-corrected chi connectivity index (χ4v) is 2.89. The van der Waals surface area contributed by atoms with Crippen LogP contribution < -0.4 is 10.1 Å². The van der Waals surface area contributed by atoms with Crippen LogP contribution in [0.1, 0.15) is 23.1 Å². The summed E-state index contributed by atoms with van der Waals surface area (Å²) in [4.78, 5) is 23.9. The number of ether oxygens (including phenoxy) is 1. The fraction of sp³-hybridized carbons (Fsp3) is 0.300. The number of benzene rings is 2. The van der Waals surface area contributed by atoms with E-state index in [0.717, 1.165) is 16.7 Å². The molecular weight excluding hydrogens is 318 g/mol. The Hall–Kier alpha value is -2.82. The van der Waals surface area contributed by atoms with Gasteiger partial charge >= 0.3 is 5.97 Å². The first-order valence-corrected chi connectivity index (χ1v) is 8.12. The highest BCUT2D eigenvalue weighted by Gasteiger charge is 2.22. The molecule has 0 heterocycles. The van der Waals surface area contributed by atoms with Crippen molar-refractivity contribution in [3.63, 3.8) is 0 Å². The summed E-state index contributed by atoms with van der Waals surface area (Å²) >= 11 is 0. The maximum Gasteiger partial charge on any atom is 0.307 e. The predicted molar refractivity (Wildman–Crippen MR) is 97.0 cm³/mol. The molecule has 132 valence electrons. The second-order valence-corrected chi connectivity index (χ2v) is 6.19. The fourth-order valence-electron chi connectivity index (χ4n) is 2.89. The van der Waals surface area contributed by atoms with Crippen molar-refractivity contribution in [2.75, 3.05) is 12.4 Å². The molecule has 2 rings (SSSR count). The van der Waals surface area contributed by atoms with Crippen molar-refractivity contribution in [2.45, 2.75) is 26.7 Å². The Bertz CT molecular complexity index is 750. The van der Waals surface area contributed by atoms with Gasteiger partial charge in [0, 0.05) is 6.42 Å². The van der Waals surface area contributed by atoms with Crippen LogP contribution in [-0.2, 0) is 16.0 Å². The van der Waals surface area contributed by atoms with E-state index in [1.807, 2.05) is 32.0 Å². The molecule has 0 aliphatic heterocycles. The van der Waals surface area contributed by atoms with Crippen LogP contribution in [0.5, 0.6) is 5.75 Å². The standard InChI is InChI=1S/C20H23NO4/c1-13-8-14(2)10-15(9-13)11-16(20(23)24)12-19(22)21-17-6-4-5-7-18(17)25-3/h4-10,16H,11-12H2,1-3H3,(H,21,22)(H,23,24). The van der Waals surface area contributed by atoms with Crippen molar-refractivity contribution in [1.82, 2.24) is 0 Å². The van der Waals surface area contributed by atoms with Crippen molar-refractivity contribution in [3.05, 3.63) is 59.2 Å². The number of aryl methyl sites for hydroxylation is 2. The number of nitrogens with one attached hydrogen (secondary N) is 1. The highest BCUT2D eigenvalue weighted by molar-refractivity contribution is 5.94. The molecule has 0 bridgehead atoms. The Morgan fingerprint density at radius 1 is 1.12 bits per heavy atom. The van der Waals surface area contributed by atoms with Crippen LogP contribution in [0.3, 0.4) is 0 Å². The Labute approximate surface area is 147 Å². The van der Waals surface area contributed by atoms with Crippen LogP contribution >= 0.6 is 0 Å². The van der Waals surface area contributed by atoms with Crippen LogP contribution in [-0.4, -0.2) is 24.1 Å². The second kappa shape index (κ2) is 8.33. The number of aliphatic carboxylic acids is 1. The lowest BCUT2D eigenvalue weighted by molar-refractivity contribution is -0.143. The van der Waals surface area contributed by atoms with Crippen molar-refractivity contribution in [3.8, 4) is 5.75 Å². The zero-order chi connectivity index (χ0) is 18.4. The molecule has 0 fully saturated rings. The molecule has 0 radical (unpaired) electrons. The minimum atomic E-state index is -0.977. The number of carbonyl (C=O) groups is 2. The summed E-state index contributed by atoms with van der Waals surface area (Å²) in [6.45, 7) is 3.95. The van der Waals surface area contributed by atoms with Crippen molar-refractivity contribution < 1.29 is 19.4 Å². The molecule has 0 aliphatic carbocycles. The molecule has 0 aliphatic rings. The van der Waals surface area contributed by atoms with Gasteiger partial charge in [-0.05, 0) is 38.0 Å². The van der Waals surface area contributed by atoms with Crippen LogP contribution in [0.4, 0.5) is 5.69 Å². The molecule has 25 heavy (non-hydrogen) atoms. The van der Waals surface area contributed by atoms with Crippen molar-refractivity contribution in [2.24, 2.45) is 5.92 Å². The van der Waals surface area contributed by atoms with E-state index >= 15 is 0 Å². The van der Waals surface area contributed by atoms with Gasteiger partial charge in [-0.3, -0.25) is 9.59 Å². The topological polar surface area (TPSA) is 75.6 Å². The summed E-state index contributed by atoms with van der Waals surface area (Å²) in [6.07, 6.45) is 0.220. The second-order valence-electron chi connectivity index (χ2n) is 6.19. The van der Waals surface area contributed by atoms with Crippen molar-refractivity contribution in [1.29, 1.82) is 0 Å². The Kier molecular flexibility index (Phi) is 6.17. The van der Waals surface area contributed by atoms with Gasteiger partial charge in [-0.2, -0.15) is 0 Å². The smallest absolute Gasteiger partial charge is 0.307 e. The van der Waals surface area contributed by atoms with Crippen LogP contribution in [0.15, 0.2) is 42.5 Å². The molecule has 0 aromatic heterocycles. The third kappa shape index (κ3) is 5.35. The van der Waals surface area contributed by atoms with Gasteiger partial charge in [0.2, 0.25) is 5.91 Å². The minimum absolute atomic E-state index is 0.0969. The predicted octanol–water partition coefficient (Wildman–Crippen LogP) is 3.58. The number of carboxylic acid groups (broad SMARTS) is 1. The summed E-state index contributed by atoms with van der Waals surface area (Å²) in [5.74, 6) is -1.57. The molecule has 1 amide bonds. The normalized spacial score (nSPS) is 11.6. The number of hydrogen-bond donors (Lipinski definition) is 2.